The Morgan fingerprint density at radius 3 is 1.50 bits per heavy atom. The second kappa shape index (κ2) is 8.63. The molecule has 10 heavy (non-hydrogen) atoms. The zero-order valence-electron chi connectivity index (χ0n) is 9.28. The third kappa shape index (κ3) is 12.2. The average Bonchev–Trinajstić information content (AvgIpc) is 1.63. The van der Waals surface area contributed by atoms with Gasteiger partial charge < -0.3 is 1.43 Å². The summed E-state index contributed by atoms with van der Waals surface area (Å²) in [6, 6.07) is 0. The van der Waals surface area contributed by atoms with Crippen molar-refractivity contribution in [2.75, 3.05) is 0 Å². The first kappa shape index (κ1) is 14.1. The van der Waals surface area contributed by atoms with Crippen molar-refractivity contribution < 1.29 is 31.0 Å². The van der Waals surface area contributed by atoms with Crippen LogP contribution in [-0.4, -0.2) is 15.2 Å². The van der Waals surface area contributed by atoms with Gasteiger partial charge in [0.2, 0.25) is 15.2 Å². The molecule has 0 rings (SSSR count). The predicted octanol–water partition coefficient (Wildman–Crippen LogP) is -0.312. The monoisotopic (exact) mass is 166 g/mol. The van der Waals surface area contributed by atoms with E-state index in [4.69, 9.17) is 0 Å². The molecule has 0 spiro atoms. The van der Waals surface area contributed by atoms with Gasteiger partial charge in [-0.2, -0.15) is 0 Å². The SMILES string of the molecule is CC(C)[CH2][AlH][CH2]C(C)C.[H-].[Na+]. The van der Waals surface area contributed by atoms with Crippen LogP contribution in [0.25, 0.3) is 0 Å². The van der Waals surface area contributed by atoms with Gasteiger partial charge in [0, 0.05) is 0 Å². The molecular formula is C8H20AlNa. The van der Waals surface area contributed by atoms with Gasteiger partial charge in [0.25, 0.3) is 0 Å². The number of hydrogen-bond donors (Lipinski definition) is 0. The topological polar surface area (TPSA) is 0 Å². The summed E-state index contributed by atoms with van der Waals surface area (Å²) in [5, 5.41) is 3.08. The molecule has 0 aromatic rings. The predicted molar refractivity (Wildman–Crippen MR) is 47.6 cm³/mol. The normalized spacial score (nSPS) is 9.80. The molecule has 56 valence electrons. The minimum absolute atomic E-state index is 0. The fraction of sp³-hybridized carbons (Fsp3) is 1.00. The Morgan fingerprint density at radius 1 is 1.00 bits per heavy atom. The van der Waals surface area contributed by atoms with Crippen LogP contribution in [0.15, 0.2) is 0 Å². The Morgan fingerprint density at radius 2 is 1.30 bits per heavy atom. The standard InChI is InChI=1S/2C4H9.Al.Na.2H/c2*1-4(2)3;;;;/h2*4H,1H2,2-3H3;;;;/q;;;+1;;-1. The van der Waals surface area contributed by atoms with Gasteiger partial charge in [-0.25, -0.2) is 0 Å². The molecule has 0 heterocycles. The first-order valence-corrected chi connectivity index (χ1v) is 6.13. The Labute approximate surface area is 95.6 Å². The van der Waals surface area contributed by atoms with Gasteiger partial charge in [0.15, 0.2) is 0 Å². The molecule has 0 aromatic heterocycles. The van der Waals surface area contributed by atoms with E-state index in [0.29, 0.717) is 15.2 Å². The van der Waals surface area contributed by atoms with Crippen molar-refractivity contribution in [3.05, 3.63) is 0 Å². The van der Waals surface area contributed by atoms with Crippen LogP contribution in [0.2, 0.25) is 10.6 Å². The zero-order chi connectivity index (χ0) is 7.28. The summed E-state index contributed by atoms with van der Waals surface area (Å²) in [4.78, 5) is 0. The summed E-state index contributed by atoms with van der Waals surface area (Å²) < 4.78 is 0. The van der Waals surface area contributed by atoms with E-state index >= 15 is 0 Å². The summed E-state index contributed by atoms with van der Waals surface area (Å²) in [7, 11) is 0. The third-order valence-electron chi connectivity index (χ3n) is 1.56. The molecule has 0 aliphatic carbocycles. The Bertz CT molecular complexity index is 59.1. The van der Waals surface area contributed by atoms with Crippen molar-refractivity contribution in [3.8, 4) is 0 Å². The van der Waals surface area contributed by atoms with Crippen molar-refractivity contribution in [1.29, 1.82) is 0 Å². The molecule has 0 aliphatic heterocycles. The molecular weight excluding hydrogens is 146 g/mol. The Balaban J connectivity index is -0.000000320. The van der Waals surface area contributed by atoms with Crippen LogP contribution < -0.4 is 29.6 Å². The van der Waals surface area contributed by atoms with Crippen LogP contribution in [0.1, 0.15) is 29.1 Å². The van der Waals surface area contributed by atoms with Gasteiger partial charge in [0.1, 0.15) is 0 Å². The van der Waals surface area contributed by atoms with Gasteiger partial charge in [-0.05, 0) is 0 Å². The van der Waals surface area contributed by atoms with E-state index in [1.807, 2.05) is 0 Å². The number of rotatable bonds is 4. The second-order valence-electron chi connectivity index (χ2n) is 3.72. The molecule has 0 radical (unpaired) electrons. The molecule has 0 bridgehead atoms. The Kier molecular flexibility index (Phi) is 12.1. The minimum Gasteiger partial charge on any atom is -1.00 e. The minimum atomic E-state index is 0. The van der Waals surface area contributed by atoms with Crippen LogP contribution in [0.5, 0.6) is 0 Å². The summed E-state index contributed by atoms with van der Waals surface area (Å²) >= 11 is 0.316. The Hall–Kier alpha value is 1.53. The third-order valence-corrected chi connectivity index (χ3v) is 4.69. The number of hydrogen-bond acceptors (Lipinski definition) is 0. The second-order valence-corrected chi connectivity index (χ2v) is 5.58. The first-order chi connectivity index (χ1) is 4.13. The van der Waals surface area contributed by atoms with Crippen LogP contribution >= 0.6 is 0 Å². The van der Waals surface area contributed by atoms with E-state index < -0.39 is 0 Å². The zero-order valence-corrected chi connectivity index (χ0v) is 11.7. The fourth-order valence-corrected chi connectivity index (χ4v) is 2.80. The maximum Gasteiger partial charge on any atom is 1.00 e. The van der Waals surface area contributed by atoms with Gasteiger partial charge in [-0.1, -0.05) is 50.1 Å². The van der Waals surface area contributed by atoms with E-state index in [-0.39, 0.29) is 31.0 Å². The molecule has 0 atom stereocenters. The molecule has 0 N–H and O–H groups in total. The van der Waals surface area contributed by atoms with Gasteiger partial charge in [0.05, 0.1) is 0 Å². The van der Waals surface area contributed by atoms with Crippen molar-refractivity contribution in [1.82, 2.24) is 0 Å². The molecule has 0 fully saturated rings. The van der Waals surface area contributed by atoms with E-state index in [2.05, 4.69) is 27.7 Å². The smallest absolute Gasteiger partial charge is 1.00 e. The van der Waals surface area contributed by atoms with Gasteiger partial charge in [-0.3, -0.25) is 0 Å². The van der Waals surface area contributed by atoms with E-state index in [9.17, 15) is 0 Å². The molecule has 0 unspecified atom stereocenters. The molecule has 0 amide bonds. The molecule has 0 aromatic carbocycles. The largest absolute Gasteiger partial charge is 1.00 e. The van der Waals surface area contributed by atoms with Crippen molar-refractivity contribution in [2.45, 2.75) is 38.3 Å². The van der Waals surface area contributed by atoms with E-state index in [0.717, 1.165) is 11.8 Å². The molecule has 0 nitrogen and oxygen atoms in total. The summed E-state index contributed by atoms with van der Waals surface area (Å²) in [5.41, 5.74) is 0. The quantitative estimate of drug-likeness (QED) is 0.502. The van der Waals surface area contributed by atoms with Gasteiger partial charge in [-0.15, -0.1) is 0 Å². The summed E-state index contributed by atoms with van der Waals surface area (Å²) in [6.45, 7) is 9.31. The molecule has 2 heteroatoms. The van der Waals surface area contributed by atoms with Crippen molar-refractivity contribution >= 4 is 15.2 Å². The van der Waals surface area contributed by atoms with Crippen molar-refractivity contribution in [2.24, 2.45) is 11.8 Å². The van der Waals surface area contributed by atoms with Crippen LogP contribution in [0, 0.1) is 11.8 Å². The van der Waals surface area contributed by atoms with Gasteiger partial charge >= 0.3 is 29.6 Å². The molecule has 0 aliphatic rings. The van der Waals surface area contributed by atoms with Crippen molar-refractivity contribution in [3.63, 3.8) is 0 Å². The van der Waals surface area contributed by atoms with Crippen LogP contribution in [0.3, 0.4) is 0 Å². The summed E-state index contributed by atoms with van der Waals surface area (Å²) in [6.07, 6.45) is 0. The fourth-order valence-electron chi connectivity index (χ4n) is 0.934. The van der Waals surface area contributed by atoms with E-state index in [1.54, 1.807) is 0 Å². The molecule has 0 saturated carbocycles. The first-order valence-electron chi connectivity index (χ1n) is 4.13. The van der Waals surface area contributed by atoms with E-state index in [1.165, 1.54) is 10.6 Å². The maximum atomic E-state index is 2.33. The summed E-state index contributed by atoms with van der Waals surface area (Å²) in [5.74, 6) is 1.91. The molecule has 0 saturated heterocycles. The average molecular weight is 166 g/mol. The van der Waals surface area contributed by atoms with Crippen LogP contribution in [0.4, 0.5) is 0 Å². The maximum absolute atomic E-state index is 2.33. The van der Waals surface area contributed by atoms with Crippen LogP contribution in [-0.2, 0) is 0 Å².